The molecule has 1 heterocycles. The maximum atomic E-state index is 5.50. The zero-order valence-electron chi connectivity index (χ0n) is 9.53. The summed E-state index contributed by atoms with van der Waals surface area (Å²) in [5, 5.41) is 1.03. The van der Waals surface area contributed by atoms with Crippen molar-refractivity contribution in [2.45, 2.75) is 13.3 Å². The third-order valence-electron chi connectivity index (χ3n) is 2.51. The summed E-state index contributed by atoms with van der Waals surface area (Å²) in [7, 11) is 1.65. The van der Waals surface area contributed by atoms with Crippen LogP contribution in [0, 0.1) is 6.92 Å². The Morgan fingerprint density at radius 2 is 2.12 bits per heavy atom. The van der Waals surface area contributed by atoms with Crippen LogP contribution < -0.4 is 10.5 Å². The topological polar surface area (TPSA) is 61.0 Å². The van der Waals surface area contributed by atoms with Crippen LogP contribution >= 0.6 is 0 Å². The first-order valence-corrected chi connectivity index (χ1v) is 5.26. The summed E-state index contributed by atoms with van der Waals surface area (Å²) in [6.45, 7) is 2.55. The van der Waals surface area contributed by atoms with Crippen molar-refractivity contribution >= 4 is 10.9 Å². The highest BCUT2D eigenvalue weighted by Gasteiger charge is 2.05. The second-order valence-electron chi connectivity index (χ2n) is 3.65. The van der Waals surface area contributed by atoms with Crippen molar-refractivity contribution in [3.05, 3.63) is 29.7 Å². The summed E-state index contributed by atoms with van der Waals surface area (Å²) in [5.41, 5.74) is 7.41. The van der Waals surface area contributed by atoms with E-state index >= 15 is 0 Å². The fraction of sp³-hybridized carbons (Fsp3) is 0.333. The molecule has 0 bridgehead atoms. The zero-order chi connectivity index (χ0) is 11.5. The monoisotopic (exact) mass is 217 g/mol. The quantitative estimate of drug-likeness (QED) is 0.845. The summed E-state index contributed by atoms with van der Waals surface area (Å²) < 4.78 is 5.18. The molecule has 0 spiro atoms. The van der Waals surface area contributed by atoms with Crippen molar-refractivity contribution in [1.82, 2.24) is 9.97 Å². The van der Waals surface area contributed by atoms with E-state index in [1.165, 1.54) is 0 Å². The third kappa shape index (κ3) is 1.97. The molecular formula is C12H15N3O. The number of nitrogens with zero attached hydrogens (tertiary/aromatic N) is 2. The molecule has 4 heteroatoms. The van der Waals surface area contributed by atoms with E-state index in [0.29, 0.717) is 13.0 Å². The Bertz CT molecular complexity index is 511. The van der Waals surface area contributed by atoms with Gasteiger partial charge in [0.2, 0.25) is 0 Å². The second kappa shape index (κ2) is 4.45. The van der Waals surface area contributed by atoms with Crippen LogP contribution in [0.4, 0.5) is 0 Å². The molecule has 0 saturated carbocycles. The molecule has 0 radical (unpaired) electrons. The largest absolute Gasteiger partial charge is 0.497 e. The first kappa shape index (κ1) is 10.8. The van der Waals surface area contributed by atoms with E-state index in [9.17, 15) is 0 Å². The fourth-order valence-electron chi connectivity index (χ4n) is 1.69. The molecule has 0 aliphatic rings. The van der Waals surface area contributed by atoms with Crippen LogP contribution in [-0.2, 0) is 6.42 Å². The molecule has 2 rings (SSSR count). The lowest BCUT2D eigenvalue weighted by Gasteiger charge is -2.06. The minimum atomic E-state index is 0.571. The molecule has 2 N–H and O–H groups in total. The van der Waals surface area contributed by atoms with Crippen LogP contribution in [0.15, 0.2) is 18.2 Å². The first-order chi connectivity index (χ1) is 7.74. The van der Waals surface area contributed by atoms with Crippen molar-refractivity contribution in [3.8, 4) is 5.75 Å². The Morgan fingerprint density at radius 3 is 2.81 bits per heavy atom. The Hall–Kier alpha value is -1.68. The maximum absolute atomic E-state index is 5.50. The van der Waals surface area contributed by atoms with Crippen LogP contribution in [0.1, 0.15) is 11.5 Å². The SMILES string of the molecule is COc1ccc2nc(CCN)nc(C)c2c1. The summed E-state index contributed by atoms with van der Waals surface area (Å²) in [5.74, 6) is 1.63. The number of ether oxygens (including phenoxy) is 1. The van der Waals surface area contributed by atoms with E-state index in [1.807, 2.05) is 25.1 Å². The highest BCUT2D eigenvalue weighted by molar-refractivity contribution is 5.82. The predicted molar refractivity (Wildman–Crippen MR) is 63.6 cm³/mol. The van der Waals surface area contributed by atoms with Gasteiger partial charge in [0.15, 0.2) is 0 Å². The number of nitrogens with two attached hydrogens (primary N) is 1. The molecular weight excluding hydrogens is 202 g/mol. The van der Waals surface area contributed by atoms with Crippen molar-refractivity contribution < 1.29 is 4.74 Å². The molecule has 0 unspecified atom stereocenters. The van der Waals surface area contributed by atoms with Crippen LogP contribution in [0.2, 0.25) is 0 Å². The lowest BCUT2D eigenvalue weighted by atomic mass is 10.2. The number of fused-ring (bicyclic) bond motifs is 1. The van der Waals surface area contributed by atoms with Gasteiger partial charge >= 0.3 is 0 Å². The third-order valence-corrected chi connectivity index (χ3v) is 2.51. The van der Waals surface area contributed by atoms with E-state index in [4.69, 9.17) is 10.5 Å². The van der Waals surface area contributed by atoms with Gasteiger partial charge in [-0.2, -0.15) is 0 Å². The molecule has 84 valence electrons. The van der Waals surface area contributed by atoms with Crippen molar-refractivity contribution in [2.75, 3.05) is 13.7 Å². The molecule has 1 aromatic carbocycles. The minimum Gasteiger partial charge on any atom is -0.497 e. The number of hydrogen-bond acceptors (Lipinski definition) is 4. The van der Waals surface area contributed by atoms with Gasteiger partial charge in [0.05, 0.1) is 12.6 Å². The van der Waals surface area contributed by atoms with E-state index < -0.39 is 0 Å². The smallest absolute Gasteiger partial charge is 0.130 e. The summed E-state index contributed by atoms with van der Waals surface area (Å²) in [4.78, 5) is 8.87. The van der Waals surface area contributed by atoms with Gasteiger partial charge in [-0.05, 0) is 31.7 Å². The normalized spacial score (nSPS) is 10.7. The number of rotatable bonds is 3. The summed E-state index contributed by atoms with van der Waals surface area (Å²) in [6, 6.07) is 5.81. The Balaban J connectivity index is 2.57. The lowest BCUT2D eigenvalue weighted by Crippen LogP contribution is -2.07. The zero-order valence-corrected chi connectivity index (χ0v) is 9.53. The van der Waals surface area contributed by atoms with Crippen LogP contribution in [-0.4, -0.2) is 23.6 Å². The second-order valence-corrected chi connectivity index (χ2v) is 3.65. The average Bonchev–Trinajstić information content (AvgIpc) is 2.29. The highest BCUT2D eigenvalue weighted by atomic mass is 16.5. The standard InChI is InChI=1S/C12H15N3O/c1-8-10-7-9(16-2)3-4-11(10)15-12(14-8)5-6-13/h3-4,7H,5-6,13H2,1-2H3. The van der Waals surface area contributed by atoms with Crippen LogP contribution in [0.25, 0.3) is 10.9 Å². The van der Waals surface area contributed by atoms with Gasteiger partial charge in [-0.25, -0.2) is 9.97 Å². The van der Waals surface area contributed by atoms with Gasteiger partial charge < -0.3 is 10.5 Å². The van der Waals surface area contributed by atoms with Gasteiger partial charge in [-0.15, -0.1) is 0 Å². The molecule has 16 heavy (non-hydrogen) atoms. The Kier molecular flexibility index (Phi) is 3.01. The minimum absolute atomic E-state index is 0.571. The molecule has 2 aromatic rings. The van der Waals surface area contributed by atoms with Gasteiger partial charge in [0.25, 0.3) is 0 Å². The Morgan fingerprint density at radius 1 is 1.31 bits per heavy atom. The Labute approximate surface area is 94.5 Å². The van der Waals surface area contributed by atoms with Gasteiger partial charge in [0, 0.05) is 17.5 Å². The predicted octanol–water partition coefficient (Wildman–Crippen LogP) is 1.45. The number of aromatic nitrogens is 2. The molecule has 1 aromatic heterocycles. The lowest BCUT2D eigenvalue weighted by molar-refractivity contribution is 0.415. The van der Waals surface area contributed by atoms with E-state index in [-0.39, 0.29) is 0 Å². The van der Waals surface area contributed by atoms with Crippen LogP contribution in [0.3, 0.4) is 0 Å². The fourth-order valence-corrected chi connectivity index (χ4v) is 1.69. The van der Waals surface area contributed by atoms with Gasteiger partial charge in [-0.1, -0.05) is 0 Å². The summed E-state index contributed by atoms with van der Waals surface area (Å²) in [6.07, 6.45) is 0.711. The first-order valence-electron chi connectivity index (χ1n) is 5.26. The van der Waals surface area contributed by atoms with Crippen molar-refractivity contribution in [1.29, 1.82) is 0 Å². The number of methoxy groups -OCH3 is 1. The number of hydrogen-bond donors (Lipinski definition) is 1. The van der Waals surface area contributed by atoms with E-state index in [1.54, 1.807) is 7.11 Å². The van der Waals surface area contributed by atoms with Crippen molar-refractivity contribution in [2.24, 2.45) is 5.73 Å². The molecule has 0 atom stereocenters. The number of benzene rings is 1. The molecule has 0 aliphatic carbocycles. The highest BCUT2D eigenvalue weighted by Crippen LogP contribution is 2.21. The molecule has 0 aliphatic heterocycles. The molecule has 0 amide bonds. The van der Waals surface area contributed by atoms with E-state index in [0.717, 1.165) is 28.2 Å². The molecule has 0 fully saturated rings. The average molecular weight is 217 g/mol. The molecule has 0 saturated heterocycles. The maximum Gasteiger partial charge on any atom is 0.130 e. The van der Waals surface area contributed by atoms with Gasteiger partial charge in [0.1, 0.15) is 11.6 Å². The summed E-state index contributed by atoms with van der Waals surface area (Å²) >= 11 is 0. The van der Waals surface area contributed by atoms with E-state index in [2.05, 4.69) is 9.97 Å². The van der Waals surface area contributed by atoms with Crippen molar-refractivity contribution in [3.63, 3.8) is 0 Å². The van der Waals surface area contributed by atoms with Crippen LogP contribution in [0.5, 0.6) is 5.75 Å². The number of aryl methyl sites for hydroxylation is 1. The molecule has 4 nitrogen and oxygen atoms in total. The van der Waals surface area contributed by atoms with Gasteiger partial charge in [-0.3, -0.25) is 0 Å².